The quantitative estimate of drug-likeness (QED) is 0.609. The first-order chi connectivity index (χ1) is 16.2. The van der Waals surface area contributed by atoms with Crippen molar-refractivity contribution in [2.75, 3.05) is 35.2 Å². The van der Waals surface area contributed by atoms with Crippen molar-refractivity contribution in [3.63, 3.8) is 0 Å². The van der Waals surface area contributed by atoms with E-state index in [2.05, 4.69) is 37.6 Å². The molecule has 168 valence electrons. The predicted molar refractivity (Wildman–Crippen MR) is 127 cm³/mol. The van der Waals surface area contributed by atoms with E-state index in [-0.39, 0.29) is 18.4 Å². The smallest absolute Gasteiger partial charge is 0.257 e. The molecule has 0 spiro atoms. The summed E-state index contributed by atoms with van der Waals surface area (Å²) in [5, 5.41) is 5.95. The summed E-state index contributed by atoms with van der Waals surface area (Å²) in [4.78, 5) is 38.3. The molecule has 33 heavy (non-hydrogen) atoms. The van der Waals surface area contributed by atoms with Crippen molar-refractivity contribution in [3.8, 4) is 0 Å². The molecular formula is C25H26N6O2. The normalized spacial score (nSPS) is 15.8. The molecule has 0 atom stereocenters. The number of benzene rings is 1. The number of carbonyl (C=O) groups excluding carboxylic acids is 2. The number of nitrogens with one attached hydrogen (secondary N) is 2. The van der Waals surface area contributed by atoms with E-state index in [4.69, 9.17) is 0 Å². The Morgan fingerprint density at radius 2 is 1.85 bits per heavy atom. The van der Waals surface area contributed by atoms with Gasteiger partial charge in [0.2, 0.25) is 5.91 Å². The van der Waals surface area contributed by atoms with Gasteiger partial charge >= 0.3 is 0 Å². The lowest BCUT2D eigenvalue weighted by molar-refractivity contribution is -0.117. The molecule has 0 saturated carbocycles. The Kier molecular flexibility index (Phi) is 5.99. The van der Waals surface area contributed by atoms with E-state index in [0.717, 1.165) is 31.0 Å². The maximum atomic E-state index is 12.9. The van der Waals surface area contributed by atoms with Crippen LogP contribution in [0.4, 0.5) is 17.2 Å². The number of fused-ring (bicyclic) bond motifs is 1. The molecule has 2 aliphatic rings. The Hall–Kier alpha value is -3.78. The highest BCUT2D eigenvalue weighted by atomic mass is 16.2. The van der Waals surface area contributed by atoms with Gasteiger partial charge in [0.05, 0.1) is 30.0 Å². The Labute approximate surface area is 192 Å². The van der Waals surface area contributed by atoms with Crippen LogP contribution in [0.1, 0.15) is 34.5 Å². The number of hydrogen-bond donors (Lipinski definition) is 2. The van der Waals surface area contributed by atoms with E-state index in [1.165, 1.54) is 24.6 Å². The maximum Gasteiger partial charge on any atom is 0.257 e. The molecule has 4 heterocycles. The first-order valence-corrected chi connectivity index (χ1v) is 11.2. The lowest BCUT2D eigenvalue weighted by Gasteiger charge is -2.29. The number of carbonyl (C=O) groups is 2. The number of nitrogens with zero attached hydrogens (tertiary/aromatic N) is 4. The third-order valence-electron chi connectivity index (χ3n) is 5.99. The topological polar surface area (TPSA) is 90.5 Å². The second kappa shape index (κ2) is 9.38. The Bertz CT molecular complexity index is 1140. The van der Waals surface area contributed by atoms with Gasteiger partial charge in [0, 0.05) is 24.6 Å². The zero-order valence-corrected chi connectivity index (χ0v) is 18.3. The molecule has 2 aromatic heterocycles. The fourth-order valence-electron chi connectivity index (χ4n) is 4.23. The third-order valence-corrected chi connectivity index (χ3v) is 5.99. The van der Waals surface area contributed by atoms with Crippen LogP contribution in [0.5, 0.6) is 0 Å². The van der Waals surface area contributed by atoms with Gasteiger partial charge in [-0.05, 0) is 61.8 Å². The Morgan fingerprint density at radius 1 is 1.03 bits per heavy atom. The lowest BCUT2D eigenvalue weighted by atomic mass is 10.1. The second-order valence-electron chi connectivity index (χ2n) is 8.38. The lowest BCUT2D eigenvalue weighted by Crippen LogP contribution is -2.40. The number of rotatable bonds is 6. The van der Waals surface area contributed by atoms with E-state index in [0.29, 0.717) is 23.6 Å². The average Bonchev–Trinajstić information content (AvgIpc) is 3.35. The summed E-state index contributed by atoms with van der Waals surface area (Å²) in [6.07, 6.45) is 5.76. The van der Waals surface area contributed by atoms with E-state index < -0.39 is 0 Å². The first kappa shape index (κ1) is 21.1. The molecule has 1 fully saturated rings. The number of likely N-dealkylation sites (tertiary alicyclic amines) is 1. The van der Waals surface area contributed by atoms with E-state index in [1.807, 2.05) is 30.3 Å². The molecule has 2 amide bonds. The van der Waals surface area contributed by atoms with Gasteiger partial charge in [-0.3, -0.25) is 19.5 Å². The molecule has 1 aromatic carbocycles. The van der Waals surface area contributed by atoms with Gasteiger partial charge in [0.1, 0.15) is 0 Å². The number of pyridine rings is 2. The standard InChI is InChI=1S/C25H26N6O2/c32-23-15-28-24-22(31(23)17-21-5-1-2-10-26-21)13-19(14-27-24)25(33)29-20-8-6-18(7-9-20)16-30-11-3-4-12-30/h1-2,5-10,13-14H,3-4,11-12,15-17H2,(H,27,28)(H,29,33). The Balaban J connectivity index is 1.30. The number of anilines is 3. The molecule has 2 N–H and O–H groups in total. The summed E-state index contributed by atoms with van der Waals surface area (Å²) < 4.78 is 0. The zero-order chi connectivity index (χ0) is 22.6. The summed E-state index contributed by atoms with van der Waals surface area (Å²) in [5.74, 6) is 0.211. The molecule has 2 aliphatic heterocycles. The van der Waals surface area contributed by atoms with Crippen molar-refractivity contribution < 1.29 is 9.59 Å². The van der Waals surface area contributed by atoms with Gasteiger partial charge in [-0.1, -0.05) is 18.2 Å². The zero-order valence-electron chi connectivity index (χ0n) is 18.3. The van der Waals surface area contributed by atoms with Crippen LogP contribution in [0.25, 0.3) is 0 Å². The molecule has 8 nitrogen and oxygen atoms in total. The molecule has 3 aromatic rings. The molecule has 1 saturated heterocycles. The minimum absolute atomic E-state index is 0.0962. The van der Waals surface area contributed by atoms with Gasteiger partial charge in [-0.2, -0.15) is 0 Å². The highest BCUT2D eigenvalue weighted by Gasteiger charge is 2.26. The van der Waals surface area contributed by atoms with Gasteiger partial charge < -0.3 is 15.5 Å². The van der Waals surface area contributed by atoms with E-state index in [9.17, 15) is 9.59 Å². The van der Waals surface area contributed by atoms with Crippen molar-refractivity contribution in [1.82, 2.24) is 14.9 Å². The monoisotopic (exact) mass is 442 g/mol. The van der Waals surface area contributed by atoms with Crippen molar-refractivity contribution in [3.05, 3.63) is 77.7 Å². The van der Waals surface area contributed by atoms with Crippen LogP contribution < -0.4 is 15.5 Å². The van der Waals surface area contributed by atoms with Gasteiger partial charge in [0.25, 0.3) is 5.91 Å². The average molecular weight is 443 g/mol. The van der Waals surface area contributed by atoms with Crippen LogP contribution in [0.15, 0.2) is 60.9 Å². The fourth-order valence-corrected chi connectivity index (χ4v) is 4.23. The predicted octanol–water partition coefficient (Wildman–Crippen LogP) is 3.28. The highest BCUT2D eigenvalue weighted by Crippen LogP contribution is 2.30. The molecular weight excluding hydrogens is 416 g/mol. The fraction of sp³-hybridized carbons (Fsp3) is 0.280. The summed E-state index contributed by atoms with van der Waals surface area (Å²) in [6.45, 7) is 3.72. The molecule has 0 aliphatic carbocycles. The summed E-state index contributed by atoms with van der Waals surface area (Å²) in [6, 6.07) is 15.2. The second-order valence-corrected chi connectivity index (χ2v) is 8.38. The first-order valence-electron chi connectivity index (χ1n) is 11.2. The summed E-state index contributed by atoms with van der Waals surface area (Å²) in [5.41, 5.74) is 3.69. The van der Waals surface area contributed by atoms with Crippen LogP contribution in [0.3, 0.4) is 0 Å². The van der Waals surface area contributed by atoms with Crippen molar-refractivity contribution in [2.45, 2.75) is 25.9 Å². The molecule has 0 unspecified atom stereocenters. The van der Waals surface area contributed by atoms with Gasteiger partial charge in [-0.15, -0.1) is 0 Å². The van der Waals surface area contributed by atoms with Crippen LogP contribution in [-0.4, -0.2) is 46.3 Å². The highest BCUT2D eigenvalue weighted by molar-refractivity contribution is 6.07. The SMILES string of the molecule is O=C(Nc1ccc(CN2CCCC2)cc1)c1cnc2c(c1)N(Cc1ccccn1)C(=O)CN2. The van der Waals surface area contributed by atoms with Crippen LogP contribution in [0, 0.1) is 0 Å². The maximum absolute atomic E-state index is 12.9. The minimum atomic E-state index is -0.270. The van der Waals surface area contributed by atoms with Crippen LogP contribution >= 0.6 is 0 Å². The number of hydrogen-bond acceptors (Lipinski definition) is 6. The van der Waals surface area contributed by atoms with Crippen molar-refractivity contribution >= 4 is 29.0 Å². The van der Waals surface area contributed by atoms with Gasteiger partial charge in [0.15, 0.2) is 5.82 Å². The minimum Gasteiger partial charge on any atom is -0.359 e. The van der Waals surface area contributed by atoms with Crippen molar-refractivity contribution in [1.29, 1.82) is 0 Å². The molecule has 0 bridgehead atoms. The van der Waals surface area contributed by atoms with Gasteiger partial charge in [-0.25, -0.2) is 4.98 Å². The molecule has 0 radical (unpaired) electrons. The summed E-state index contributed by atoms with van der Waals surface area (Å²) >= 11 is 0. The van der Waals surface area contributed by atoms with Crippen molar-refractivity contribution in [2.24, 2.45) is 0 Å². The number of amides is 2. The third kappa shape index (κ3) is 4.85. The number of aromatic nitrogens is 2. The van der Waals surface area contributed by atoms with E-state index in [1.54, 1.807) is 17.2 Å². The Morgan fingerprint density at radius 3 is 2.61 bits per heavy atom. The summed E-state index contributed by atoms with van der Waals surface area (Å²) in [7, 11) is 0. The van der Waals surface area contributed by atoms with Crippen LogP contribution in [0.2, 0.25) is 0 Å². The molecule has 5 rings (SSSR count). The largest absolute Gasteiger partial charge is 0.359 e. The molecule has 8 heteroatoms. The van der Waals surface area contributed by atoms with E-state index >= 15 is 0 Å². The van der Waals surface area contributed by atoms with Crippen LogP contribution in [-0.2, 0) is 17.9 Å².